The molecule has 0 aliphatic rings. The van der Waals surface area contributed by atoms with E-state index in [4.69, 9.17) is 0 Å². The molecule has 14 heavy (non-hydrogen) atoms. The van der Waals surface area contributed by atoms with Crippen molar-refractivity contribution in [1.82, 2.24) is 20.2 Å². The van der Waals surface area contributed by atoms with Crippen molar-refractivity contribution in [3.63, 3.8) is 0 Å². The molecule has 0 saturated heterocycles. The van der Waals surface area contributed by atoms with Crippen LogP contribution in [0.25, 0.3) is 11.4 Å². The molecule has 0 bridgehead atoms. The van der Waals surface area contributed by atoms with Crippen LogP contribution in [-0.4, -0.2) is 20.2 Å². The maximum absolute atomic E-state index is 4.15. The zero-order valence-electron chi connectivity index (χ0n) is 7.90. The van der Waals surface area contributed by atoms with Crippen LogP contribution in [0.1, 0.15) is 5.56 Å². The van der Waals surface area contributed by atoms with Crippen LogP contribution >= 0.6 is 15.9 Å². The molecular formula is C9H9BrN4. The summed E-state index contributed by atoms with van der Waals surface area (Å²) >= 11 is 3.46. The third-order valence-electron chi connectivity index (χ3n) is 1.87. The summed E-state index contributed by atoms with van der Waals surface area (Å²) in [7, 11) is 1.75. The average Bonchev–Trinajstić information content (AvgIpc) is 2.56. The van der Waals surface area contributed by atoms with E-state index in [1.54, 1.807) is 7.05 Å². The molecule has 1 aromatic carbocycles. The molecule has 5 heteroatoms. The van der Waals surface area contributed by atoms with Gasteiger partial charge in [0.05, 0.1) is 7.05 Å². The maximum Gasteiger partial charge on any atom is 0.206 e. The summed E-state index contributed by atoms with van der Waals surface area (Å²) in [6.07, 6.45) is 0. The number of tetrazole rings is 1. The molecule has 2 rings (SSSR count). The standard InChI is InChI=1S/C9H9BrN4/c1-6-3-4-8(10)7(5-6)9-11-13-14(2)12-9/h3-5H,1-2H3. The van der Waals surface area contributed by atoms with Crippen molar-refractivity contribution in [1.29, 1.82) is 0 Å². The first kappa shape index (κ1) is 9.33. The van der Waals surface area contributed by atoms with Gasteiger partial charge in [-0.2, -0.15) is 4.80 Å². The van der Waals surface area contributed by atoms with Gasteiger partial charge in [0.1, 0.15) is 0 Å². The van der Waals surface area contributed by atoms with Crippen molar-refractivity contribution in [3.05, 3.63) is 28.2 Å². The van der Waals surface area contributed by atoms with Crippen molar-refractivity contribution < 1.29 is 0 Å². The van der Waals surface area contributed by atoms with E-state index in [9.17, 15) is 0 Å². The van der Waals surface area contributed by atoms with Crippen LogP contribution in [0, 0.1) is 6.92 Å². The van der Waals surface area contributed by atoms with Gasteiger partial charge in [0.15, 0.2) is 0 Å². The second-order valence-electron chi connectivity index (χ2n) is 3.09. The van der Waals surface area contributed by atoms with Crippen molar-refractivity contribution in [3.8, 4) is 11.4 Å². The summed E-state index contributed by atoms with van der Waals surface area (Å²) < 4.78 is 0.983. The zero-order chi connectivity index (χ0) is 10.1. The van der Waals surface area contributed by atoms with Crippen molar-refractivity contribution in [2.24, 2.45) is 7.05 Å². The fourth-order valence-corrected chi connectivity index (χ4v) is 1.63. The number of hydrogen-bond acceptors (Lipinski definition) is 3. The number of rotatable bonds is 1. The highest BCUT2D eigenvalue weighted by atomic mass is 79.9. The molecule has 1 aromatic heterocycles. The Morgan fingerprint density at radius 1 is 1.36 bits per heavy atom. The van der Waals surface area contributed by atoms with Crippen LogP contribution in [0.4, 0.5) is 0 Å². The quantitative estimate of drug-likeness (QED) is 0.780. The fraction of sp³-hybridized carbons (Fsp3) is 0.222. The van der Waals surface area contributed by atoms with E-state index in [-0.39, 0.29) is 0 Å². The summed E-state index contributed by atoms with van der Waals surface area (Å²) in [4.78, 5) is 1.45. The molecule has 0 unspecified atom stereocenters. The molecule has 4 nitrogen and oxygen atoms in total. The van der Waals surface area contributed by atoms with Crippen LogP contribution in [0.2, 0.25) is 0 Å². The normalized spacial score (nSPS) is 10.5. The molecule has 2 aromatic rings. The van der Waals surface area contributed by atoms with E-state index in [0.29, 0.717) is 5.82 Å². The topological polar surface area (TPSA) is 43.6 Å². The van der Waals surface area contributed by atoms with Crippen LogP contribution in [0.5, 0.6) is 0 Å². The van der Waals surface area contributed by atoms with Crippen LogP contribution in [-0.2, 0) is 7.05 Å². The van der Waals surface area contributed by atoms with Gasteiger partial charge in [-0.1, -0.05) is 27.6 Å². The minimum Gasteiger partial charge on any atom is -0.167 e. The first-order chi connectivity index (χ1) is 6.66. The molecule has 0 aliphatic heterocycles. The third-order valence-corrected chi connectivity index (χ3v) is 2.56. The van der Waals surface area contributed by atoms with Crippen LogP contribution in [0.15, 0.2) is 22.7 Å². The number of hydrogen-bond donors (Lipinski definition) is 0. The predicted molar refractivity (Wildman–Crippen MR) is 56.7 cm³/mol. The largest absolute Gasteiger partial charge is 0.206 e. The Kier molecular flexibility index (Phi) is 2.33. The monoisotopic (exact) mass is 252 g/mol. The third kappa shape index (κ3) is 1.68. The van der Waals surface area contributed by atoms with Gasteiger partial charge < -0.3 is 0 Å². The minimum atomic E-state index is 0.642. The van der Waals surface area contributed by atoms with Crippen LogP contribution in [0.3, 0.4) is 0 Å². The van der Waals surface area contributed by atoms with Gasteiger partial charge in [0, 0.05) is 10.0 Å². The Bertz CT molecular complexity index is 464. The van der Waals surface area contributed by atoms with E-state index in [0.717, 1.165) is 10.0 Å². The second-order valence-corrected chi connectivity index (χ2v) is 3.94. The van der Waals surface area contributed by atoms with Crippen molar-refractivity contribution in [2.45, 2.75) is 6.92 Å². The van der Waals surface area contributed by atoms with E-state index in [1.807, 2.05) is 25.1 Å². The predicted octanol–water partition coefficient (Wildman–Crippen LogP) is 1.95. The van der Waals surface area contributed by atoms with Gasteiger partial charge in [-0.05, 0) is 24.3 Å². The number of aromatic nitrogens is 4. The molecule has 0 N–H and O–H groups in total. The number of benzene rings is 1. The fourth-order valence-electron chi connectivity index (χ4n) is 1.20. The van der Waals surface area contributed by atoms with Gasteiger partial charge >= 0.3 is 0 Å². The minimum absolute atomic E-state index is 0.642. The lowest BCUT2D eigenvalue weighted by atomic mass is 10.1. The Morgan fingerprint density at radius 2 is 2.14 bits per heavy atom. The second kappa shape index (κ2) is 3.49. The van der Waals surface area contributed by atoms with E-state index < -0.39 is 0 Å². The molecule has 0 radical (unpaired) electrons. The summed E-state index contributed by atoms with van der Waals surface area (Å²) in [5, 5.41) is 11.9. The Hall–Kier alpha value is -1.23. The molecule has 1 heterocycles. The molecule has 0 aliphatic carbocycles. The van der Waals surface area contributed by atoms with Gasteiger partial charge in [-0.25, -0.2) is 0 Å². The van der Waals surface area contributed by atoms with Gasteiger partial charge in [0.2, 0.25) is 5.82 Å². The highest BCUT2D eigenvalue weighted by molar-refractivity contribution is 9.10. The molecule has 72 valence electrons. The summed E-state index contributed by atoms with van der Waals surface area (Å²) in [6, 6.07) is 6.05. The van der Waals surface area contributed by atoms with Crippen LogP contribution < -0.4 is 0 Å². The molecule has 0 fully saturated rings. The Morgan fingerprint density at radius 3 is 2.79 bits per heavy atom. The lowest BCUT2D eigenvalue weighted by Crippen LogP contribution is -1.92. The lowest BCUT2D eigenvalue weighted by molar-refractivity contribution is 0.630. The maximum atomic E-state index is 4.15. The Labute approximate surface area is 90.1 Å². The van der Waals surface area contributed by atoms with Crippen molar-refractivity contribution >= 4 is 15.9 Å². The molecular weight excluding hydrogens is 244 g/mol. The van der Waals surface area contributed by atoms with E-state index >= 15 is 0 Å². The number of nitrogens with zero attached hydrogens (tertiary/aromatic N) is 4. The summed E-state index contributed by atoms with van der Waals surface area (Å²) in [5.41, 5.74) is 2.15. The van der Waals surface area contributed by atoms with E-state index in [1.165, 1.54) is 10.4 Å². The van der Waals surface area contributed by atoms with E-state index in [2.05, 4.69) is 31.3 Å². The number of halogens is 1. The number of aryl methyl sites for hydroxylation is 2. The summed E-state index contributed by atoms with van der Waals surface area (Å²) in [6.45, 7) is 2.03. The highest BCUT2D eigenvalue weighted by Gasteiger charge is 2.08. The molecule has 0 saturated carbocycles. The lowest BCUT2D eigenvalue weighted by Gasteiger charge is -1.99. The SMILES string of the molecule is Cc1ccc(Br)c(-c2nnn(C)n2)c1. The Balaban J connectivity index is 2.55. The van der Waals surface area contributed by atoms with Gasteiger partial charge in [0.25, 0.3) is 0 Å². The van der Waals surface area contributed by atoms with Gasteiger partial charge in [-0.3, -0.25) is 0 Å². The summed E-state index contributed by atoms with van der Waals surface area (Å²) in [5.74, 6) is 0.642. The van der Waals surface area contributed by atoms with Gasteiger partial charge in [-0.15, -0.1) is 10.2 Å². The first-order valence-electron chi connectivity index (χ1n) is 4.17. The average molecular weight is 253 g/mol. The zero-order valence-corrected chi connectivity index (χ0v) is 9.48. The van der Waals surface area contributed by atoms with Crippen molar-refractivity contribution in [2.75, 3.05) is 0 Å². The molecule has 0 spiro atoms. The molecule has 0 atom stereocenters. The highest BCUT2D eigenvalue weighted by Crippen LogP contribution is 2.25. The first-order valence-corrected chi connectivity index (χ1v) is 4.96. The molecule has 0 amide bonds. The smallest absolute Gasteiger partial charge is 0.167 e.